The number of ketones is 1. The predicted octanol–water partition coefficient (Wildman–Crippen LogP) is 4.05. The molecule has 138 valence electrons. The van der Waals surface area contributed by atoms with Crippen LogP contribution in [0.5, 0.6) is 0 Å². The van der Waals surface area contributed by atoms with Crippen molar-refractivity contribution < 1.29 is 22.4 Å². The van der Waals surface area contributed by atoms with Crippen molar-refractivity contribution in [2.45, 2.75) is 19.0 Å². The zero-order valence-electron chi connectivity index (χ0n) is 13.9. The Balaban J connectivity index is 1.75. The van der Waals surface area contributed by atoms with E-state index in [0.29, 0.717) is 30.8 Å². The van der Waals surface area contributed by atoms with E-state index in [1.54, 1.807) is 12.4 Å². The van der Waals surface area contributed by atoms with Crippen molar-refractivity contribution >= 4 is 5.78 Å². The monoisotopic (exact) mass is 375 g/mol. The fraction of sp³-hybridized carbons (Fsp3) is 0.158. The fourth-order valence-electron chi connectivity index (χ4n) is 2.45. The van der Waals surface area contributed by atoms with E-state index in [9.17, 15) is 22.4 Å². The molecular formula is C19H13F4N3O. The van der Waals surface area contributed by atoms with Crippen LogP contribution in [-0.2, 0) is 19.0 Å². The quantitative estimate of drug-likeness (QED) is 0.499. The smallest absolute Gasteiger partial charge is 0.288 e. The minimum atomic E-state index is -4.75. The van der Waals surface area contributed by atoms with Crippen LogP contribution in [0.25, 0.3) is 0 Å². The molecule has 1 aromatic carbocycles. The second-order valence-corrected chi connectivity index (χ2v) is 5.80. The maximum Gasteiger partial charge on any atom is 0.416 e. The van der Waals surface area contributed by atoms with Crippen molar-refractivity contribution in [3.8, 4) is 0 Å². The van der Waals surface area contributed by atoms with Gasteiger partial charge < -0.3 is 0 Å². The highest BCUT2D eigenvalue weighted by molar-refractivity contribution is 6.08. The number of nitrogens with zero attached hydrogens (tertiary/aromatic N) is 3. The molecule has 2 aromatic heterocycles. The van der Waals surface area contributed by atoms with Crippen LogP contribution in [0.3, 0.4) is 0 Å². The number of pyridine rings is 1. The number of hydrogen-bond acceptors (Lipinski definition) is 4. The summed E-state index contributed by atoms with van der Waals surface area (Å²) in [6, 6.07) is 5.43. The van der Waals surface area contributed by atoms with Gasteiger partial charge in [0, 0.05) is 36.8 Å². The van der Waals surface area contributed by atoms with Gasteiger partial charge in [-0.05, 0) is 36.2 Å². The number of hydrogen-bond donors (Lipinski definition) is 0. The molecule has 0 aliphatic heterocycles. The largest absolute Gasteiger partial charge is 0.416 e. The third kappa shape index (κ3) is 4.72. The lowest BCUT2D eigenvalue weighted by Crippen LogP contribution is -2.10. The highest BCUT2D eigenvalue weighted by Crippen LogP contribution is 2.30. The number of carbonyl (C=O) groups excluding carboxylic acids is 1. The van der Waals surface area contributed by atoms with E-state index < -0.39 is 28.9 Å². The summed E-state index contributed by atoms with van der Waals surface area (Å²) in [5.41, 5.74) is -0.645. The molecule has 0 atom stereocenters. The van der Waals surface area contributed by atoms with Gasteiger partial charge in [-0.3, -0.25) is 9.78 Å². The van der Waals surface area contributed by atoms with E-state index in [1.165, 1.54) is 12.4 Å². The first-order valence-electron chi connectivity index (χ1n) is 7.95. The Bertz CT molecular complexity index is 941. The highest BCUT2D eigenvalue weighted by atomic mass is 19.4. The molecule has 0 unspecified atom stereocenters. The Morgan fingerprint density at radius 2 is 1.70 bits per heavy atom. The molecule has 0 bridgehead atoms. The van der Waals surface area contributed by atoms with Gasteiger partial charge in [-0.25, -0.2) is 14.4 Å². The summed E-state index contributed by atoms with van der Waals surface area (Å²) in [6.07, 6.45) is 2.26. The Labute approximate surface area is 151 Å². The third-order valence-corrected chi connectivity index (χ3v) is 3.81. The van der Waals surface area contributed by atoms with Crippen LogP contribution in [0.15, 0.2) is 55.1 Å². The van der Waals surface area contributed by atoms with Crippen LogP contribution >= 0.6 is 0 Å². The number of aromatic nitrogens is 3. The minimum absolute atomic E-state index is 0.0150. The summed E-state index contributed by atoms with van der Waals surface area (Å²) in [5.74, 6) is -1.44. The Morgan fingerprint density at radius 3 is 2.33 bits per heavy atom. The van der Waals surface area contributed by atoms with Gasteiger partial charge >= 0.3 is 6.18 Å². The third-order valence-electron chi connectivity index (χ3n) is 3.81. The van der Waals surface area contributed by atoms with E-state index in [-0.39, 0.29) is 5.56 Å². The number of benzene rings is 1. The molecule has 0 saturated carbocycles. The van der Waals surface area contributed by atoms with Crippen molar-refractivity contribution in [3.05, 3.63) is 89.0 Å². The molecule has 2 heterocycles. The second kappa shape index (κ2) is 7.61. The van der Waals surface area contributed by atoms with Crippen molar-refractivity contribution in [1.29, 1.82) is 0 Å². The molecule has 0 N–H and O–H groups in total. The summed E-state index contributed by atoms with van der Waals surface area (Å²) in [6.45, 7) is 0. The van der Waals surface area contributed by atoms with E-state index in [4.69, 9.17) is 0 Å². The van der Waals surface area contributed by atoms with Gasteiger partial charge in [-0.1, -0.05) is 6.07 Å². The summed E-state index contributed by atoms with van der Waals surface area (Å²) in [5, 5.41) is 0. The van der Waals surface area contributed by atoms with Gasteiger partial charge in [0.2, 0.25) is 0 Å². The summed E-state index contributed by atoms with van der Waals surface area (Å²) < 4.78 is 51.8. The topological polar surface area (TPSA) is 55.7 Å². The molecule has 0 aliphatic carbocycles. The predicted molar refractivity (Wildman–Crippen MR) is 88.5 cm³/mol. The first-order chi connectivity index (χ1) is 12.8. The van der Waals surface area contributed by atoms with Crippen LogP contribution < -0.4 is 0 Å². The normalized spacial score (nSPS) is 11.4. The maximum absolute atomic E-state index is 13.5. The van der Waals surface area contributed by atoms with Gasteiger partial charge in [-0.15, -0.1) is 0 Å². The van der Waals surface area contributed by atoms with Gasteiger partial charge in [0.1, 0.15) is 11.6 Å². The molecule has 0 amide bonds. The van der Waals surface area contributed by atoms with Crippen LogP contribution in [0.2, 0.25) is 0 Å². The van der Waals surface area contributed by atoms with E-state index in [0.717, 1.165) is 11.6 Å². The molecule has 0 aliphatic rings. The van der Waals surface area contributed by atoms with Crippen LogP contribution in [0.4, 0.5) is 17.6 Å². The van der Waals surface area contributed by atoms with E-state index >= 15 is 0 Å². The molecule has 0 fully saturated rings. The van der Waals surface area contributed by atoms with Gasteiger partial charge in [0.15, 0.2) is 5.78 Å². The Kier molecular flexibility index (Phi) is 5.25. The van der Waals surface area contributed by atoms with Gasteiger partial charge in [0.05, 0.1) is 11.1 Å². The van der Waals surface area contributed by atoms with Crippen LogP contribution in [-0.4, -0.2) is 20.7 Å². The lowest BCUT2D eigenvalue weighted by atomic mass is 10.0. The van der Waals surface area contributed by atoms with Gasteiger partial charge in [0.25, 0.3) is 0 Å². The molecule has 27 heavy (non-hydrogen) atoms. The molecule has 8 heteroatoms. The van der Waals surface area contributed by atoms with Crippen LogP contribution in [0.1, 0.15) is 32.9 Å². The Morgan fingerprint density at radius 1 is 0.963 bits per heavy atom. The molecule has 0 radical (unpaired) electrons. The molecule has 3 aromatic rings. The zero-order chi connectivity index (χ0) is 19.4. The number of carbonyl (C=O) groups is 1. The minimum Gasteiger partial charge on any atom is -0.288 e. The molecule has 3 rings (SSSR count). The number of rotatable bonds is 5. The van der Waals surface area contributed by atoms with E-state index in [1.807, 2.05) is 12.1 Å². The molecule has 0 saturated heterocycles. The van der Waals surface area contributed by atoms with Gasteiger partial charge in [-0.2, -0.15) is 13.2 Å². The second-order valence-electron chi connectivity index (χ2n) is 5.80. The van der Waals surface area contributed by atoms with Crippen molar-refractivity contribution in [1.82, 2.24) is 15.0 Å². The summed E-state index contributed by atoms with van der Waals surface area (Å²) in [4.78, 5) is 24.5. The highest BCUT2D eigenvalue weighted by Gasteiger charge is 2.32. The number of alkyl halides is 3. The lowest BCUT2D eigenvalue weighted by molar-refractivity contribution is -0.137. The molecular weight excluding hydrogens is 362 g/mol. The fourth-order valence-corrected chi connectivity index (χ4v) is 2.45. The van der Waals surface area contributed by atoms with Crippen LogP contribution in [0, 0.1) is 5.82 Å². The average molecular weight is 375 g/mol. The lowest BCUT2D eigenvalue weighted by Gasteiger charge is -2.09. The Hall–Kier alpha value is -3.16. The standard InChI is InChI=1S/C19H13F4N3O/c20-16-7-13(6-15(8-16)19(21,22)23)18(27)14-10-25-17(26-11-14)4-3-12-2-1-5-24-9-12/h1-2,5-11H,3-4H2. The average Bonchev–Trinajstić information content (AvgIpc) is 2.66. The van der Waals surface area contributed by atoms with Crippen molar-refractivity contribution in [2.75, 3.05) is 0 Å². The first kappa shape index (κ1) is 18.6. The first-order valence-corrected chi connectivity index (χ1v) is 7.95. The summed E-state index contributed by atoms with van der Waals surface area (Å²) >= 11 is 0. The maximum atomic E-state index is 13.5. The number of halogens is 4. The SMILES string of the molecule is O=C(c1cnc(CCc2cccnc2)nc1)c1cc(F)cc(C(F)(F)F)c1. The zero-order valence-corrected chi connectivity index (χ0v) is 13.9. The number of aryl methyl sites for hydroxylation is 2. The van der Waals surface area contributed by atoms with Crippen molar-refractivity contribution in [3.63, 3.8) is 0 Å². The van der Waals surface area contributed by atoms with E-state index in [2.05, 4.69) is 15.0 Å². The summed E-state index contributed by atoms with van der Waals surface area (Å²) in [7, 11) is 0. The molecule has 4 nitrogen and oxygen atoms in total. The van der Waals surface area contributed by atoms with Crippen molar-refractivity contribution in [2.24, 2.45) is 0 Å². The molecule has 0 spiro atoms.